The highest BCUT2D eigenvalue weighted by Gasteiger charge is 2.26. The molecule has 0 bridgehead atoms. The molecule has 0 aromatic heterocycles. The van der Waals surface area contributed by atoms with Crippen LogP contribution in [-0.4, -0.2) is 54.5 Å². The van der Waals surface area contributed by atoms with Crippen molar-refractivity contribution in [3.05, 3.63) is 95.6 Å². The summed E-state index contributed by atoms with van der Waals surface area (Å²) in [4.78, 5) is 65.5. The Labute approximate surface area is 351 Å². The van der Waals surface area contributed by atoms with Crippen LogP contribution in [0.5, 0.6) is 0 Å². The molecule has 322 valence electrons. The normalized spacial score (nSPS) is 11.7. The van der Waals surface area contributed by atoms with E-state index in [0.717, 1.165) is 31.2 Å². The second-order valence-electron chi connectivity index (χ2n) is 16.1. The number of ether oxygens (including phenoxy) is 3. The Morgan fingerprint density at radius 2 is 1.15 bits per heavy atom. The van der Waals surface area contributed by atoms with E-state index >= 15 is 0 Å². The number of benzene rings is 3. The molecule has 0 saturated carbocycles. The van der Waals surface area contributed by atoms with Gasteiger partial charge in [0.15, 0.2) is 12.4 Å². The number of esters is 1. The molecule has 0 aliphatic rings. The maximum atomic E-state index is 13.7. The van der Waals surface area contributed by atoms with Crippen LogP contribution in [0.3, 0.4) is 0 Å². The lowest BCUT2D eigenvalue weighted by Gasteiger charge is -2.23. The number of hydrogen-bond acceptors (Lipinski definition) is 8. The number of rotatable bonds is 28. The zero-order chi connectivity index (χ0) is 42.7. The summed E-state index contributed by atoms with van der Waals surface area (Å²) in [6, 6.07) is 21.0. The van der Waals surface area contributed by atoms with E-state index in [4.69, 9.17) is 14.2 Å². The van der Waals surface area contributed by atoms with Crippen LogP contribution in [0.15, 0.2) is 78.9 Å². The Bertz CT molecular complexity index is 1710. The van der Waals surface area contributed by atoms with Crippen molar-refractivity contribution < 1.29 is 38.2 Å². The highest BCUT2D eigenvalue weighted by molar-refractivity contribution is 6.02. The van der Waals surface area contributed by atoms with Crippen molar-refractivity contribution in [2.75, 3.05) is 23.8 Å². The molecule has 3 rings (SSSR count). The second-order valence-corrected chi connectivity index (χ2v) is 16.1. The highest BCUT2D eigenvalue weighted by Crippen LogP contribution is 2.22. The second kappa shape index (κ2) is 27.6. The molecule has 0 spiro atoms. The smallest absolute Gasteiger partial charge is 0.408 e. The van der Waals surface area contributed by atoms with Crippen molar-refractivity contribution in [3.63, 3.8) is 0 Å². The van der Waals surface area contributed by atoms with Crippen molar-refractivity contribution >= 4 is 41.0 Å². The minimum Gasteiger partial charge on any atom is -0.454 e. The SMILES string of the molecule is CCCCCCCCCCCCCCCCCC(=O)Nc1cc(NC(=O)[C@H](COCc2ccccc2)NC(=O)OC(C)(C)C)cc(C(=O)OCC(=O)c2ccccc2)c1. The molecule has 3 aromatic carbocycles. The van der Waals surface area contributed by atoms with E-state index in [1.807, 2.05) is 30.3 Å². The molecule has 11 heteroatoms. The van der Waals surface area contributed by atoms with Crippen molar-refractivity contribution in [2.45, 2.75) is 149 Å². The average Bonchev–Trinajstić information content (AvgIpc) is 3.20. The largest absolute Gasteiger partial charge is 0.454 e. The molecule has 0 fully saturated rings. The van der Waals surface area contributed by atoms with Crippen LogP contribution in [0.1, 0.15) is 157 Å². The van der Waals surface area contributed by atoms with Gasteiger partial charge in [0.05, 0.1) is 18.8 Å². The average molecular weight is 814 g/mol. The van der Waals surface area contributed by atoms with E-state index in [0.29, 0.717) is 12.0 Å². The number of nitrogens with one attached hydrogen (secondary N) is 3. The van der Waals surface area contributed by atoms with E-state index in [1.54, 1.807) is 51.1 Å². The summed E-state index contributed by atoms with van der Waals surface area (Å²) < 4.78 is 16.6. The van der Waals surface area contributed by atoms with Gasteiger partial charge in [-0.3, -0.25) is 14.4 Å². The minimum atomic E-state index is -1.18. The Morgan fingerprint density at radius 3 is 1.71 bits per heavy atom. The predicted octanol–water partition coefficient (Wildman–Crippen LogP) is 11.0. The molecular weight excluding hydrogens is 747 g/mol. The summed E-state index contributed by atoms with van der Waals surface area (Å²) in [5, 5.41) is 8.17. The zero-order valence-corrected chi connectivity index (χ0v) is 35.8. The molecule has 3 aromatic rings. The number of anilines is 2. The monoisotopic (exact) mass is 813 g/mol. The first-order valence-corrected chi connectivity index (χ1v) is 21.6. The first-order chi connectivity index (χ1) is 28.4. The van der Waals surface area contributed by atoms with Crippen LogP contribution in [-0.2, 0) is 30.4 Å². The Morgan fingerprint density at radius 1 is 0.627 bits per heavy atom. The van der Waals surface area contributed by atoms with Crippen molar-refractivity contribution in [3.8, 4) is 0 Å². The molecule has 3 amide bonds. The van der Waals surface area contributed by atoms with Gasteiger partial charge in [0.1, 0.15) is 11.6 Å². The molecule has 59 heavy (non-hydrogen) atoms. The van der Waals surface area contributed by atoms with Gasteiger partial charge in [0.2, 0.25) is 11.8 Å². The van der Waals surface area contributed by atoms with Gasteiger partial charge in [-0.15, -0.1) is 0 Å². The number of hydrogen-bond donors (Lipinski definition) is 3. The quantitative estimate of drug-likeness (QED) is 0.0373. The third-order valence-corrected chi connectivity index (χ3v) is 9.56. The first kappa shape index (κ1) is 48.3. The number of amides is 3. The van der Waals surface area contributed by atoms with Gasteiger partial charge in [0, 0.05) is 23.4 Å². The third kappa shape index (κ3) is 21.5. The molecule has 1 atom stereocenters. The first-order valence-electron chi connectivity index (χ1n) is 21.6. The number of unbranched alkanes of at least 4 members (excludes halogenated alkanes) is 14. The van der Waals surface area contributed by atoms with Gasteiger partial charge in [-0.25, -0.2) is 9.59 Å². The minimum absolute atomic E-state index is 0.00270. The maximum Gasteiger partial charge on any atom is 0.408 e. The third-order valence-electron chi connectivity index (χ3n) is 9.56. The van der Waals surface area contributed by atoms with Crippen LogP contribution < -0.4 is 16.0 Å². The van der Waals surface area contributed by atoms with Gasteiger partial charge < -0.3 is 30.2 Å². The van der Waals surface area contributed by atoms with E-state index in [9.17, 15) is 24.0 Å². The Hall–Kier alpha value is -5.03. The fraction of sp³-hybridized carbons (Fsp3) is 0.521. The van der Waals surface area contributed by atoms with Gasteiger partial charge in [-0.05, 0) is 51.0 Å². The Kier molecular flexibility index (Phi) is 22.6. The molecule has 0 aliphatic heterocycles. The summed E-state index contributed by atoms with van der Waals surface area (Å²) >= 11 is 0. The standard InChI is InChI=1S/C48H67N3O8/c1-5-6-7-8-9-10-11-12-13-14-15-16-17-18-25-30-44(53)49-40-31-39(46(55)58-36-43(52)38-28-23-20-24-29-38)32-41(33-40)50-45(54)42(51-47(56)59-48(2,3)4)35-57-34-37-26-21-19-22-27-37/h19-24,26-29,31-33,42H,5-18,25,30,34-36H2,1-4H3,(H,49,53)(H,50,54)(H,51,56)/t42-/m0/s1. The summed E-state index contributed by atoms with van der Waals surface area (Å²) in [5.74, 6) is -2.09. The van der Waals surface area contributed by atoms with Crippen molar-refractivity contribution in [1.82, 2.24) is 5.32 Å². The number of carbonyl (C=O) groups excluding carboxylic acids is 5. The topological polar surface area (TPSA) is 149 Å². The van der Waals surface area contributed by atoms with Crippen LogP contribution in [0.4, 0.5) is 16.2 Å². The summed E-state index contributed by atoms with van der Waals surface area (Å²) in [7, 11) is 0. The van der Waals surface area contributed by atoms with E-state index in [2.05, 4.69) is 22.9 Å². The molecule has 0 unspecified atom stereocenters. The summed E-state index contributed by atoms with van der Waals surface area (Å²) in [6.07, 6.45) is 17.9. The summed E-state index contributed by atoms with van der Waals surface area (Å²) in [6.45, 7) is 6.89. The van der Waals surface area contributed by atoms with Crippen molar-refractivity contribution in [1.29, 1.82) is 0 Å². The van der Waals surface area contributed by atoms with E-state index in [-0.39, 0.29) is 41.8 Å². The van der Waals surface area contributed by atoms with Gasteiger partial charge in [-0.2, -0.15) is 0 Å². The highest BCUT2D eigenvalue weighted by atomic mass is 16.6. The maximum absolute atomic E-state index is 13.7. The molecule has 0 heterocycles. The number of ketones is 1. The zero-order valence-electron chi connectivity index (χ0n) is 35.8. The van der Waals surface area contributed by atoms with Crippen molar-refractivity contribution in [2.24, 2.45) is 0 Å². The van der Waals surface area contributed by atoms with E-state index < -0.39 is 36.2 Å². The summed E-state index contributed by atoms with van der Waals surface area (Å²) in [5.41, 5.74) is 0.874. The van der Waals surface area contributed by atoms with Crippen LogP contribution in [0, 0.1) is 0 Å². The molecule has 0 radical (unpaired) electrons. The van der Waals surface area contributed by atoms with E-state index in [1.165, 1.54) is 88.8 Å². The van der Waals surface area contributed by atoms with Crippen LogP contribution in [0.25, 0.3) is 0 Å². The number of carbonyl (C=O) groups is 5. The molecule has 11 nitrogen and oxygen atoms in total. The van der Waals surface area contributed by atoms with Crippen LogP contribution >= 0.6 is 0 Å². The van der Waals surface area contributed by atoms with Crippen LogP contribution in [0.2, 0.25) is 0 Å². The number of Topliss-reactive ketones (excluding diaryl/α,β-unsaturated/α-hetero) is 1. The Balaban J connectivity index is 1.60. The molecule has 0 saturated heterocycles. The lowest BCUT2D eigenvalue weighted by atomic mass is 10.0. The molecule has 0 aliphatic carbocycles. The molecular formula is C48H67N3O8. The number of alkyl carbamates (subject to hydrolysis) is 1. The van der Waals surface area contributed by atoms with Gasteiger partial charge in [0.25, 0.3) is 0 Å². The van der Waals surface area contributed by atoms with Gasteiger partial charge in [-0.1, -0.05) is 157 Å². The molecule has 3 N–H and O–H groups in total. The lowest BCUT2D eigenvalue weighted by molar-refractivity contribution is -0.120. The predicted molar refractivity (Wildman–Crippen MR) is 234 cm³/mol. The fourth-order valence-electron chi connectivity index (χ4n) is 6.42. The fourth-order valence-corrected chi connectivity index (χ4v) is 6.42. The lowest BCUT2D eigenvalue weighted by Crippen LogP contribution is -2.48. The van der Waals surface area contributed by atoms with Gasteiger partial charge >= 0.3 is 12.1 Å².